The molecule has 1 aromatic heterocycles. The van der Waals surface area contributed by atoms with E-state index in [1.807, 2.05) is 6.92 Å². The summed E-state index contributed by atoms with van der Waals surface area (Å²) in [5, 5.41) is 0. The Labute approximate surface area is 115 Å². The van der Waals surface area contributed by atoms with Crippen molar-refractivity contribution in [2.24, 2.45) is 0 Å². The minimum atomic E-state index is -0.156. The van der Waals surface area contributed by atoms with Gasteiger partial charge >= 0.3 is 0 Å². The van der Waals surface area contributed by atoms with Gasteiger partial charge in [-0.1, -0.05) is 0 Å². The highest BCUT2D eigenvalue weighted by atomic mass is 16.5. The molecule has 2 heterocycles. The van der Waals surface area contributed by atoms with Crippen LogP contribution in [0.5, 0.6) is 0 Å². The van der Waals surface area contributed by atoms with Crippen molar-refractivity contribution in [1.82, 2.24) is 14.9 Å². The van der Waals surface area contributed by atoms with Crippen LogP contribution in [-0.4, -0.2) is 39.2 Å². The molecule has 1 aromatic rings. The highest BCUT2D eigenvalue weighted by Crippen LogP contribution is 2.28. The number of anilines is 1. The largest absolute Gasteiger partial charge is 0.384 e. The summed E-state index contributed by atoms with van der Waals surface area (Å²) in [6.07, 6.45) is 0. The molecule has 5 heteroatoms. The number of nitrogens with two attached hydrogens (primary N) is 1. The summed E-state index contributed by atoms with van der Waals surface area (Å²) in [6, 6.07) is 1.79. The van der Waals surface area contributed by atoms with E-state index in [0.29, 0.717) is 12.4 Å². The summed E-state index contributed by atoms with van der Waals surface area (Å²) in [4.78, 5) is 11.1. The van der Waals surface area contributed by atoms with Crippen molar-refractivity contribution in [3.63, 3.8) is 0 Å². The van der Waals surface area contributed by atoms with Gasteiger partial charge in [-0.15, -0.1) is 0 Å². The Morgan fingerprint density at radius 3 is 2.32 bits per heavy atom. The van der Waals surface area contributed by atoms with E-state index in [1.54, 1.807) is 6.07 Å². The van der Waals surface area contributed by atoms with Gasteiger partial charge in [-0.25, -0.2) is 9.97 Å². The molecule has 1 aliphatic heterocycles. The zero-order chi connectivity index (χ0) is 14.3. The maximum Gasteiger partial charge on any atom is 0.144 e. The van der Waals surface area contributed by atoms with Crippen LogP contribution in [0.25, 0.3) is 0 Å². The number of hydrogen-bond donors (Lipinski definition) is 1. The van der Waals surface area contributed by atoms with Gasteiger partial charge in [0.25, 0.3) is 0 Å². The van der Waals surface area contributed by atoms with Crippen molar-refractivity contribution in [2.45, 2.75) is 52.4 Å². The summed E-state index contributed by atoms with van der Waals surface area (Å²) in [5.74, 6) is 1.32. The van der Waals surface area contributed by atoms with E-state index in [9.17, 15) is 0 Å². The molecule has 19 heavy (non-hydrogen) atoms. The fourth-order valence-corrected chi connectivity index (χ4v) is 2.98. The average Bonchev–Trinajstić information content (AvgIpc) is 2.08. The van der Waals surface area contributed by atoms with Crippen LogP contribution in [0.15, 0.2) is 6.07 Å². The molecule has 1 saturated heterocycles. The van der Waals surface area contributed by atoms with Crippen molar-refractivity contribution < 1.29 is 4.74 Å². The fraction of sp³-hybridized carbons (Fsp3) is 0.714. The van der Waals surface area contributed by atoms with Crippen LogP contribution in [0, 0.1) is 6.92 Å². The number of aromatic nitrogens is 2. The van der Waals surface area contributed by atoms with Crippen molar-refractivity contribution in [2.75, 3.05) is 18.8 Å². The SMILES string of the molecule is Cc1cc(N)nc(CN2CC(C)(C)OC(C)(C)C2)n1. The third kappa shape index (κ3) is 3.88. The molecule has 0 aromatic carbocycles. The van der Waals surface area contributed by atoms with E-state index in [0.717, 1.165) is 24.6 Å². The fourth-order valence-electron chi connectivity index (χ4n) is 2.98. The average molecular weight is 264 g/mol. The maximum absolute atomic E-state index is 6.07. The molecule has 0 spiro atoms. The Kier molecular flexibility index (Phi) is 3.53. The number of nitrogen functional groups attached to an aromatic ring is 1. The molecule has 1 fully saturated rings. The van der Waals surface area contributed by atoms with Crippen LogP contribution in [-0.2, 0) is 11.3 Å². The van der Waals surface area contributed by atoms with E-state index in [1.165, 1.54) is 0 Å². The third-order valence-corrected chi connectivity index (χ3v) is 3.05. The van der Waals surface area contributed by atoms with Gasteiger partial charge in [0.2, 0.25) is 0 Å². The summed E-state index contributed by atoms with van der Waals surface area (Å²) < 4.78 is 6.07. The Balaban J connectivity index is 2.14. The zero-order valence-electron chi connectivity index (χ0n) is 12.5. The van der Waals surface area contributed by atoms with E-state index >= 15 is 0 Å². The predicted octanol–water partition coefficient (Wildman–Crippen LogP) is 1.76. The molecule has 0 atom stereocenters. The van der Waals surface area contributed by atoms with Crippen LogP contribution in [0.1, 0.15) is 39.2 Å². The molecule has 5 nitrogen and oxygen atoms in total. The number of nitrogens with zero attached hydrogens (tertiary/aromatic N) is 3. The second kappa shape index (κ2) is 4.72. The van der Waals surface area contributed by atoms with Gasteiger partial charge in [-0.3, -0.25) is 4.90 Å². The normalized spacial score (nSPS) is 22.4. The molecule has 0 bridgehead atoms. The molecule has 2 N–H and O–H groups in total. The lowest BCUT2D eigenvalue weighted by atomic mass is 9.99. The Bertz CT molecular complexity index is 434. The van der Waals surface area contributed by atoms with E-state index < -0.39 is 0 Å². The summed E-state index contributed by atoms with van der Waals surface area (Å²) in [7, 11) is 0. The number of rotatable bonds is 2. The van der Waals surface area contributed by atoms with Gasteiger partial charge < -0.3 is 10.5 Å². The minimum absolute atomic E-state index is 0.156. The van der Waals surface area contributed by atoms with Gasteiger partial charge in [0.1, 0.15) is 11.6 Å². The number of hydrogen-bond acceptors (Lipinski definition) is 5. The van der Waals surface area contributed by atoms with Crippen molar-refractivity contribution in [3.05, 3.63) is 17.6 Å². The van der Waals surface area contributed by atoms with E-state index in [2.05, 4.69) is 42.6 Å². The van der Waals surface area contributed by atoms with Crippen LogP contribution in [0.3, 0.4) is 0 Å². The third-order valence-electron chi connectivity index (χ3n) is 3.05. The smallest absolute Gasteiger partial charge is 0.144 e. The van der Waals surface area contributed by atoms with Crippen molar-refractivity contribution >= 4 is 5.82 Å². The quantitative estimate of drug-likeness (QED) is 0.881. The number of ether oxygens (including phenoxy) is 1. The van der Waals surface area contributed by atoms with Crippen molar-refractivity contribution in [3.8, 4) is 0 Å². The number of aryl methyl sites for hydroxylation is 1. The van der Waals surface area contributed by atoms with E-state index in [-0.39, 0.29) is 11.2 Å². The van der Waals surface area contributed by atoms with Gasteiger partial charge in [0.15, 0.2) is 0 Å². The van der Waals surface area contributed by atoms with Crippen LogP contribution in [0.2, 0.25) is 0 Å². The lowest BCUT2D eigenvalue weighted by Gasteiger charge is -2.47. The molecular formula is C14H24N4O. The first kappa shape index (κ1) is 14.2. The first-order valence-corrected chi connectivity index (χ1v) is 6.68. The van der Waals surface area contributed by atoms with Crippen molar-refractivity contribution in [1.29, 1.82) is 0 Å². The molecule has 1 aliphatic rings. The zero-order valence-corrected chi connectivity index (χ0v) is 12.5. The summed E-state index contributed by atoms with van der Waals surface area (Å²) in [5.41, 5.74) is 6.38. The summed E-state index contributed by atoms with van der Waals surface area (Å²) in [6.45, 7) is 12.9. The highest BCUT2D eigenvalue weighted by molar-refractivity contribution is 5.29. The Morgan fingerprint density at radius 2 is 1.79 bits per heavy atom. The minimum Gasteiger partial charge on any atom is -0.384 e. The first-order chi connectivity index (χ1) is 8.65. The van der Waals surface area contributed by atoms with Gasteiger partial charge in [-0.2, -0.15) is 0 Å². The van der Waals surface area contributed by atoms with Gasteiger partial charge in [0.05, 0.1) is 17.7 Å². The van der Waals surface area contributed by atoms with Crippen LogP contribution < -0.4 is 5.73 Å². The topological polar surface area (TPSA) is 64.3 Å². The molecule has 0 aliphatic carbocycles. The molecular weight excluding hydrogens is 240 g/mol. The van der Waals surface area contributed by atoms with E-state index in [4.69, 9.17) is 10.5 Å². The lowest BCUT2D eigenvalue weighted by molar-refractivity contribution is -0.182. The second-order valence-electron chi connectivity index (χ2n) is 6.62. The monoisotopic (exact) mass is 264 g/mol. The Morgan fingerprint density at radius 1 is 1.21 bits per heavy atom. The lowest BCUT2D eigenvalue weighted by Crippen LogP contribution is -2.56. The molecule has 0 saturated carbocycles. The molecule has 0 radical (unpaired) electrons. The maximum atomic E-state index is 6.07. The molecule has 0 amide bonds. The highest BCUT2D eigenvalue weighted by Gasteiger charge is 2.38. The predicted molar refractivity (Wildman–Crippen MR) is 75.7 cm³/mol. The molecule has 2 rings (SSSR count). The molecule has 106 valence electrons. The Hall–Kier alpha value is -1.20. The first-order valence-electron chi connectivity index (χ1n) is 6.68. The van der Waals surface area contributed by atoms with Gasteiger partial charge in [0, 0.05) is 24.8 Å². The van der Waals surface area contributed by atoms with Crippen LogP contribution in [0.4, 0.5) is 5.82 Å². The van der Waals surface area contributed by atoms with Crippen LogP contribution >= 0.6 is 0 Å². The van der Waals surface area contributed by atoms with Gasteiger partial charge in [-0.05, 0) is 34.6 Å². The molecule has 0 unspecified atom stereocenters. The summed E-state index contributed by atoms with van der Waals surface area (Å²) >= 11 is 0. The standard InChI is InChI=1S/C14H24N4O/c1-10-6-11(15)17-12(16-10)7-18-8-13(2,3)19-14(4,5)9-18/h6H,7-9H2,1-5H3,(H2,15,16,17). The second-order valence-corrected chi connectivity index (χ2v) is 6.62. The number of morpholine rings is 1.